The maximum atomic E-state index is 10.6. The maximum absolute atomic E-state index is 10.6. The molecule has 166 valence electrons. The number of nitrogens with zero attached hydrogens (tertiary/aromatic N) is 5. The average Bonchev–Trinajstić information content (AvgIpc) is 3.31. The number of aromatic nitrogens is 4. The Morgan fingerprint density at radius 2 is 1.94 bits per heavy atom. The molecule has 0 saturated heterocycles. The first kappa shape index (κ1) is 23.9. The number of rotatable bonds is 6. The Hall–Kier alpha value is -3.35. The largest absolute Gasteiger partial charge is 0.490 e. The second kappa shape index (κ2) is 10.1. The van der Waals surface area contributed by atoms with Gasteiger partial charge < -0.3 is 5.11 Å². The van der Waals surface area contributed by atoms with E-state index >= 15 is 0 Å². The molecular weight excluding hydrogens is 411 g/mol. The van der Waals surface area contributed by atoms with Crippen molar-refractivity contribution in [3.63, 3.8) is 0 Å². The lowest BCUT2D eigenvalue weighted by molar-refractivity contribution is -0.192. The fraction of sp³-hybridized carbons (Fsp3) is 0.429. The smallest absolute Gasteiger partial charge is 0.475 e. The van der Waals surface area contributed by atoms with Crippen LogP contribution in [0.25, 0.3) is 16.6 Å². The van der Waals surface area contributed by atoms with Crippen molar-refractivity contribution >= 4 is 11.5 Å². The van der Waals surface area contributed by atoms with E-state index in [2.05, 4.69) is 25.0 Å². The number of carbonyl (C=O) groups is 1. The van der Waals surface area contributed by atoms with E-state index in [0.29, 0.717) is 5.92 Å². The second-order valence-electron chi connectivity index (χ2n) is 7.07. The molecule has 10 heteroatoms. The summed E-state index contributed by atoms with van der Waals surface area (Å²) in [5.74, 6) is -2.41. The molecule has 7 nitrogen and oxygen atoms in total. The maximum Gasteiger partial charge on any atom is 0.490 e. The van der Waals surface area contributed by atoms with Crippen molar-refractivity contribution in [3.8, 4) is 17.2 Å². The average molecular weight is 435 g/mol. The lowest BCUT2D eigenvalue weighted by Crippen LogP contribution is -2.21. The van der Waals surface area contributed by atoms with Crippen molar-refractivity contribution in [2.45, 2.75) is 51.6 Å². The van der Waals surface area contributed by atoms with Crippen LogP contribution in [0.3, 0.4) is 0 Å². The predicted octanol–water partition coefficient (Wildman–Crippen LogP) is 4.92. The normalized spacial score (nSPS) is 12.2. The van der Waals surface area contributed by atoms with Gasteiger partial charge in [0, 0.05) is 36.5 Å². The van der Waals surface area contributed by atoms with Crippen LogP contribution in [0, 0.1) is 11.3 Å². The summed E-state index contributed by atoms with van der Waals surface area (Å²) in [6.07, 6.45) is 5.15. The van der Waals surface area contributed by atoms with E-state index in [4.69, 9.17) is 15.0 Å². The van der Waals surface area contributed by atoms with Crippen LogP contribution in [0.2, 0.25) is 0 Å². The molecule has 0 spiro atoms. The van der Waals surface area contributed by atoms with Gasteiger partial charge in [-0.2, -0.15) is 28.6 Å². The molecule has 1 N–H and O–H groups in total. The fourth-order valence-corrected chi connectivity index (χ4v) is 3.19. The zero-order chi connectivity index (χ0) is 23.2. The zero-order valence-corrected chi connectivity index (χ0v) is 17.5. The van der Waals surface area contributed by atoms with Crippen LogP contribution in [0.1, 0.15) is 56.7 Å². The van der Waals surface area contributed by atoms with Crippen LogP contribution < -0.4 is 0 Å². The molecule has 0 aliphatic carbocycles. The molecule has 3 heterocycles. The molecular formula is C21H24F3N5O2. The van der Waals surface area contributed by atoms with Gasteiger partial charge in [0.1, 0.15) is 11.6 Å². The minimum atomic E-state index is -5.08. The van der Waals surface area contributed by atoms with E-state index < -0.39 is 12.1 Å². The highest BCUT2D eigenvalue weighted by Gasteiger charge is 2.38. The van der Waals surface area contributed by atoms with Gasteiger partial charge in [-0.05, 0) is 18.9 Å². The van der Waals surface area contributed by atoms with Crippen molar-refractivity contribution in [2.75, 3.05) is 0 Å². The summed E-state index contributed by atoms with van der Waals surface area (Å²) in [5, 5.41) is 25.8. The van der Waals surface area contributed by atoms with Gasteiger partial charge >= 0.3 is 12.1 Å². The van der Waals surface area contributed by atoms with Gasteiger partial charge in [0.15, 0.2) is 0 Å². The van der Waals surface area contributed by atoms with E-state index in [-0.39, 0.29) is 0 Å². The number of alkyl halides is 3. The molecule has 3 aromatic rings. The molecule has 31 heavy (non-hydrogen) atoms. The molecule has 0 saturated carbocycles. The summed E-state index contributed by atoms with van der Waals surface area (Å²) in [5.41, 5.74) is 4.64. The lowest BCUT2D eigenvalue weighted by Gasteiger charge is -2.11. The number of aliphatic carboxylic acids is 1. The number of hydrogen-bond donors (Lipinski definition) is 1. The van der Waals surface area contributed by atoms with Crippen molar-refractivity contribution in [2.24, 2.45) is 7.05 Å². The van der Waals surface area contributed by atoms with Crippen LogP contribution in [0.5, 0.6) is 0 Å². The minimum Gasteiger partial charge on any atom is -0.475 e. The number of pyridine rings is 1. The third kappa shape index (κ3) is 5.84. The van der Waals surface area contributed by atoms with Gasteiger partial charge in [-0.1, -0.05) is 32.8 Å². The van der Waals surface area contributed by atoms with E-state index in [1.54, 1.807) is 4.68 Å². The van der Waals surface area contributed by atoms with Gasteiger partial charge in [0.05, 0.1) is 17.4 Å². The van der Waals surface area contributed by atoms with Gasteiger partial charge in [-0.25, -0.2) is 9.31 Å². The Morgan fingerprint density at radius 1 is 1.26 bits per heavy atom. The number of aryl methyl sites for hydroxylation is 1. The molecule has 0 fully saturated rings. The van der Waals surface area contributed by atoms with Crippen molar-refractivity contribution in [1.29, 1.82) is 5.26 Å². The molecule has 3 aromatic heterocycles. The van der Waals surface area contributed by atoms with Crippen LogP contribution in [0.4, 0.5) is 13.2 Å². The number of nitriles is 1. The van der Waals surface area contributed by atoms with Crippen LogP contribution in [-0.2, 0) is 11.8 Å². The summed E-state index contributed by atoms with van der Waals surface area (Å²) in [7, 11) is 1.90. The fourth-order valence-electron chi connectivity index (χ4n) is 3.19. The first-order valence-corrected chi connectivity index (χ1v) is 9.83. The quantitative estimate of drug-likeness (QED) is 0.593. The van der Waals surface area contributed by atoms with Gasteiger partial charge in [0.2, 0.25) is 0 Å². The summed E-state index contributed by atoms with van der Waals surface area (Å²) in [6, 6.07) is 6.40. The van der Waals surface area contributed by atoms with Crippen molar-refractivity contribution in [1.82, 2.24) is 19.4 Å². The number of carboxylic acid groups (broad SMARTS) is 1. The first-order valence-electron chi connectivity index (χ1n) is 9.83. The highest BCUT2D eigenvalue weighted by atomic mass is 19.4. The lowest BCUT2D eigenvalue weighted by atomic mass is 9.93. The monoisotopic (exact) mass is 435 g/mol. The Balaban J connectivity index is 0.000000423. The number of carboxylic acids is 1. The predicted molar refractivity (Wildman–Crippen MR) is 108 cm³/mol. The molecule has 0 aromatic carbocycles. The topological polar surface area (TPSA) is 96.2 Å². The highest BCUT2D eigenvalue weighted by molar-refractivity contribution is 5.73. The van der Waals surface area contributed by atoms with Gasteiger partial charge in [-0.3, -0.25) is 4.68 Å². The van der Waals surface area contributed by atoms with Crippen molar-refractivity contribution < 1.29 is 23.1 Å². The standard InChI is InChI=1S/C19H23N5.C2HF3O2/c1-4-6-7-14(5-2)19-17(10-20)18-9-8-15(13-24(18)22-19)16-11-21-23(3)12-16;3-2(4,5)1(6)7/h8-9,11-14H,4-7H2,1-3H3;(H,6,7). The number of hydrogen-bond acceptors (Lipinski definition) is 4. The van der Waals surface area contributed by atoms with Crippen LogP contribution in [0.15, 0.2) is 30.7 Å². The second-order valence-corrected chi connectivity index (χ2v) is 7.07. The summed E-state index contributed by atoms with van der Waals surface area (Å²) >= 11 is 0. The number of unbranched alkanes of at least 4 members (excludes halogenated alkanes) is 1. The highest BCUT2D eigenvalue weighted by Crippen LogP contribution is 2.30. The van der Waals surface area contributed by atoms with E-state index in [0.717, 1.165) is 53.6 Å². The molecule has 0 aliphatic rings. The molecule has 0 radical (unpaired) electrons. The van der Waals surface area contributed by atoms with Crippen LogP contribution in [-0.4, -0.2) is 36.6 Å². The Morgan fingerprint density at radius 3 is 2.42 bits per heavy atom. The first-order chi connectivity index (χ1) is 14.6. The Labute approximate surface area is 177 Å². The third-order valence-corrected chi connectivity index (χ3v) is 4.83. The van der Waals surface area contributed by atoms with E-state index in [1.165, 1.54) is 0 Å². The van der Waals surface area contributed by atoms with Crippen molar-refractivity contribution in [3.05, 3.63) is 42.0 Å². The van der Waals surface area contributed by atoms with Gasteiger partial charge in [0.25, 0.3) is 0 Å². The summed E-state index contributed by atoms with van der Waals surface area (Å²) in [4.78, 5) is 8.90. The zero-order valence-electron chi connectivity index (χ0n) is 17.5. The Bertz CT molecular complexity index is 1080. The van der Waals surface area contributed by atoms with Gasteiger partial charge in [-0.15, -0.1) is 0 Å². The summed E-state index contributed by atoms with van der Waals surface area (Å²) < 4.78 is 35.4. The molecule has 0 bridgehead atoms. The number of halogens is 3. The summed E-state index contributed by atoms with van der Waals surface area (Å²) in [6.45, 7) is 4.37. The van der Waals surface area contributed by atoms with E-state index in [9.17, 15) is 18.4 Å². The molecule has 3 rings (SSSR count). The minimum absolute atomic E-state index is 0.348. The molecule has 0 aliphatic heterocycles. The van der Waals surface area contributed by atoms with Crippen LogP contribution >= 0.6 is 0 Å². The third-order valence-electron chi connectivity index (χ3n) is 4.83. The molecule has 0 amide bonds. The molecule has 1 unspecified atom stereocenters. The molecule has 1 atom stereocenters. The van der Waals surface area contributed by atoms with E-state index in [1.807, 2.05) is 42.3 Å². The SMILES string of the molecule is CCCCC(CC)c1nn2cc(-c3cnn(C)c3)ccc2c1C#N.O=C(O)C(F)(F)F. The number of fused-ring (bicyclic) bond motifs is 1. The Kier molecular flexibility index (Phi) is 7.80.